The molecule has 0 bridgehead atoms. The summed E-state index contributed by atoms with van der Waals surface area (Å²) in [5, 5.41) is 11.5. The first-order chi connectivity index (χ1) is 17.5. The van der Waals surface area contributed by atoms with Crippen molar-refractivity contribution in [1.29, 1.82) is 0 Å². The number of ether oxygens (including phenoxy) is 2. The molecule has 10 heteroatoms. The van der Waals surface area contributed by atoms with Gasteiger partial charge in [0.25, 0.3) is 11.7 Å². The molecule has 0 aromatic heterocycles. The molecule has 6 nitrogen and oxygen atoms in total. The normalized spacial score (nSPS) is 17.3. The van der Waals surface area contributed by atoms with Crippen LogP contribution in [0.3, 0.4) is 0 Å². The molecule has 1 aliphatic rings. The number of hydrogen-bond donors (Lipinski definition) is 1. The fourth-order valence-electron chi connectivity index (χ4n) is 4.28. The summed E-state index contributed by atoms with van der Waals surface area (Å²) in [5.74, 6) is -2.41. The quantitative estimate of drug-likeness (QED) is 0.237. The van der Waals surface area contributed by atoms with Crippen LogP contribution in [0, 0.1) is 6.92 Å². The van der Waals surface area contributed by atoms with Gasteiger partial charge in [0, 0.05) is 11.8 Å². The van der Waals surface area contributed by atoms with Gasteiger partial charge in [-0.25, -0.2) is 0 Å². The molecular weight excluding hydrogens is 511 g/mol. The molecule has 37 heavy (non-hydrogen) atoms. The van der Waals surface area contributed by atoms with E-state index in [1.807, 2.05) is 0 Å². The lowest BCUT2D eigenvalue weighted by Gasteiger charge is -2.26. The van der Waals surface area contributed by atoms with E-state index >= 15 is 0 Å². The first-order valence-electron chi connectivity index (χ1n) is 10.9. The lowest BCUT2D eigenvalue weighted by molar-refractivity contribution is -0.137. The Bertz CT molecular complexity index is 1430. The SMILES string of the molecule is COc1cc(OC)c(/C(O)=C2\C(=O)C(=O)N(c3cccc(C(F)(F)F)c3)C2c2cccc(C)c2)cc1Cl. The van der Waals surface area contributed by atoms with Gasteiger partial charge >= 0.3 is 6.18 Å². The van der Waals surface area contributed by atoms with E-state index in [2.05, 4.69) is 0 Å². The number of aryl methyl sites for hydroxylation is 1. The van der Waals surface area contributed by atoms with E-state index < -0.39 is 35.2 Å². The molecule has 1 aliphatic heterocycles. The van der Waals surface area contributed by atoms with E-state index in [-0.39, 0.29) is 33.3 Å². The van der Waals surface area contributed by atoms with Gasteiger partial charge in [0.15, 0.2) is 0 Å². The van der Waals surface area contributed by atoms with Crippen LogP contribution < -0.4 is 14.4 Å². The Labute approximate surface area is 215 Å². The van der Waals surface area contributed by atoms with Gasteiger partial charge in [-0.2, -0.15) is 13.2 Å². The number of methoxy groups -OCH3 is 2. The highest BCUT2D eigenvalue weighted by Gasteiger charge is 2.47. The van der Waals surface area contributed by atoms with Crippen LogP contribution in [0.1, 0.15) is 28.3 Å². The highest BCUT2D eigenvalue weighted by atomic mass is 35.5. The number of aliphatic hydroxyl groups is 1. The minimum Gasteiger partial charge on any atom is -0.507 e. The Hall–Kier alpha value is -3.98. The van der Waals surface area contributed by atoms with E-state index in [1.54, 1.807) is 31.2 Å². The van der Waals surface area contributed by atoms with Crippen molar-refractivity contribution in [3.63, 3.8) is 0 Å². The summed E-state index contributed by atoms with van der Waals surface area (Å²) in [4.78, 5) is 27.6. The Morgan fingerprint density at radius 2 is 1.65 bits per heavy atom. The number of nitrogens with zero attached hydrogens (tertiary/aromatic N) is 1. The third-order valence-electron chi connectivity index (χ3n) is 5.98. The number of aliphatic hydroxyl groups excluding tert-OH is 1. The zero-order valence-corrected chi connectivity index (χ0v) is 20.6. The summed E-state index contributed by atoms with van der Waals surface area (Å²) in [7, 11) is 2.72. The van der Waals surface area contributed by atoms with Crippen LogP contribution in [0.4, 0.5) is 18.9 Å². The molecule has 0 saturated carbocycles. The molecule has 0 spiro atoms. The Kier molecular flexibility index (Phi) is 6.92. The molecule has 1 amide bonds. The van der Waals surface area contributed by atoms with E-state index in [1.165, 1.54) is 32.4 Å². The lowest BCUT2D eigenvalue weighted by atomic mass is 9.94. The number of benzene rings is 3. The third-order valence-corrected chi connectivity index (χ3v) is 6.28. The van der Waals surface area contributed by atoms with E-state index in [9.17, 15) is 27.9 Å². The molecule has 3 aromatic rings. The molecule has 1 unspecified atom stereocenters. The summed E-state index contributed by atoms with van der Waals surface area (Å²) in [6, 6.07) is 12.4. The average molecular weight is 532 g/mol. The van der Waals surface area contributed by atoms with Crippen molar-refractivity contribution in [1.82, 2.24) is 0 Å². The number of rotatable bonds is 5. The van der Waals surface area contributed by atoms with E-state index in [4.69, 9.17) is 21.1 Å². The average Bonchev–Trinajstić information content (AvgIpc) is 3.13. The van der Waals surface area contributed by atoms with E-state index in [0.29, 0.717) is 5.56 Å². The van der Waals surface area contributed by atoms with Crippen LogP contribution in [0.25, 0.3) is 5.76 Å². The molecule has 0 radical (unpaired) electrons. The van der Waals surface area contributed by atoms with Crippen molar-refractivity contribution in [2.24, 2.45) is 0 Å². The minimum absolute atomic E-state index is 0.00740. The van der Waals surface area contributed by atoms with Gasteiger partial charge in [0.05, 0.1) is 42.0 Å². The van der Waals surface area contributed by atoms with Crippen LogP contribution in [0.2, 0.25) is 5.02 Å². The van der Waals surface area contributed by atoms with E-state index in [0.717, 1.165) is 28.7 Å². The predicted octanol–water partition coefficient (Wildman–Crippen LogP) is 6.31. The Morgan fingerprint density at radius 1 is 0.973 bits per heavy atom. The van der Waals surface area contributed by atoms with Crippen LogP contribution in [-0.2, 0) is 15.8 Å². The highest BCUT2D eigenvalue weighted by molar-refractivity contribution is 6.51. The molecule has 3 aromatic carbocycles. The zero-order chi connectivity index (χ0) is 27.1. The van der Waals surface area contributed by atoms with Gasteiger partial charge in [-0.15, -0.1) is 0 Å². The lowest BCUT2D eigenvalue weighted by Crippen LogP contribution is -2.29. The van der Waals surface area contributed by atoms with Crippen molar-refractivity contribution in [3.8, 4) is 11.5 Å². The molecule has 1 fully saturated rings. The maximum Gasteiger partial charge on any atom is 0.416 e. The monoisotopic (exact) mass is 531 g/mol. The summed E-state index contributed by atoms with van der Waals surface area (Å²) in [6.07, 6.45) is -4.67. The number of ketones is 1. The number of Topliss-reactive ketones (excluding diaryl/α,β-unsaturated/α-hetero) is 1. The smallest absolute Gasteiger partial charge is 0.416 e. The molecule has 192 valence electrons. The molecule has 4 rings (SSSR count). The number of amides is 1. The standard InChI is InChI=1S/C27H21ClF3NO5/c1-14-6-4-7-15(10-14)23-22(24(33)18-12-19(28)21(37-3)13-20(18)36-2)25(34)26(35)32(23)17-9-5-8-16(11-17)27(29,30)31/h4-13,23,33H,1-3H3/b24-22+. The summed E-state index contributed by atoms with van der Waals surface area (Å²) in [6.45, 7) is 1.78. The largest absolute Gasteiger partial charge is 0.507 e. The minimum atomic E-state index is -4.67. The summed E-state index contributed by atoms with van der Waals surface area (Å²) in [5.41, 5.74) is -0.268. The molecule has 1 N–H and O–H groups in total. The number of carbonyl (C=O) groups is 2. The first-order valence-corrected chi connectivity index (χ1v) is 11.3. The van der Waals surface area contributed by atoms with Crippen molar-refractivity contribution in [3.05, 3.63) is 93.5 Å². The Morgan fingerprint density at radius 3 is 2.27 bits per heavy atom. The highest BCUT2D eigenvalue weighted by Crippen LogP contribution is 2.45. The summed E-state index contributed by atoms with van der Waals surface area (Å²) >= 11 is 6.25. The second-order valence-electron chi connectivity index (χ2n) is 8.32. The van der Waals surface area contributed by atoms with Crippen LogP contribution >= 0.6 is 11.6 Å². The van der Waals surface area contributed by atoms with Crippen LogP contribution in [0.5, 0.6) is 11.5 Å². The number of halogens is 4. The maximum absolute atomic E-state index is 13.5. The van der Waals surface area contributed by atoms with Gasteiger partial charge < -0.3 is 14.6 Å². The second kappa shape index (κ2) is 9.82. The van der Waals surface area contributed by atoms with Crippen LogP contribution in [-0.4, -0.2) is 31.0 Å². The van der Waals surface area contributed by atoms with Gasteiger partial charge in [-0.3, -0.25) is 14.5 Å². The number of hydrogen-bond acceptors (Lipinski definition) is 5. The molecule has 1 saturated heterocycles. The first kappa shape index (κ1) is 26.1. The summed E-state index contributed by atoms with van der Waals surface area (Å²) < 4.78 is 50.9. The zero-order valence-electron chi connectivity index (χ0n) is 19.9. The molecule has 1 heterocycles. The van der Waals surface area contributed by atoms with Crippen molar-refractivity contribution >= 4 is 34.7 Å². The topological polar surface area (TPSA) is 76.1 Å². The fraction of sp³-hybridized carbons (Fsp3) is 0.185. The second-order valence-corrected chi connectivity index (χ2v) is 8.73. The number of anilines is 1. The van der Waals surface area contributed by atoms with Crippen molar-refractivity contribution in [2.45, 2.75) is 19.1 Å². The van der Waals surface area contributed by atoms with Gasteiger partial charge in [-0.1, -0.05) is 47.5 Å². The van der Waals surface area contributed by atoms with Gasteiger partial charge in [0.2, 0.25) is 0 Å². The maximum atomic E-state index is 13.5. The van der Waals surface area contributed by atoms with Crippen LogP contribution in [0.15, 0.2) is 66.2 Å². The number of alkyl halides is 3. The predicted molar refractivity (Wildman–Crippen MR) is 132 cm³/mol. The third kappa shape index (κ3) is 4.74. The fourth-order valence-corrected chi connectivity index (χ4v) is 4.52. The van der Waals surface area contributed by atoms with Gasteiger partial charge in [-0.05, 0) is 36.8 Å². The number of carbonyl (C=O) groups excluding carboxylic acids is 2. The van der Waals surface area contributed by atoms with Crippen molar-refractivity contribution < 1.29 is 37.3 Å². The van der Waals surface area contributed by atoms with Gasteiger partial charge in [0.1, 0.15) is 17.3 Å². The molecule has 1 atom stereocenters. The Balaban J connectivity index is 2.00. The molecular formula is C27H21ClF3NO5. The van der Waals surface area contributed by atoms with Crippen molar-refractivity contribution in [2.75, 3.05) is 19.1 Å². The molecule has 0 aliphatic carbocycles.